The van der Waals surface area contributed by atoms with E-state index in [0.717, 1.165) is 19.5 Å². The van der Waals surface area contributed by atoms with E-state index in [-0.39, 0.29) is 17.9 Å². The number of imide groups is 1. The predicted molar refractivity (Wildman–Crippen MR) is 70.8 cm³/mol. The second-order valence-corrected chi connectivity index (χ2v) is 5.16. The molecule has 100 valence electrons. The summed E-state index contributed by atoms with van der Waals surface area (Å²) in [6.07, 6.45) is 0.988. The van der Waals surface area contributed by atoms with E-state index >= 15 is 0 Å². The van der Waals surface area contributed by atoms with Gasteiger partial charge in [-0.25, -0.2) is 0 Å². The van der Waals surface area contributed by atoms with Crippen molar-refractivity contribution in [1.29, 1.82) is 0 Å². The molecule has 1 saturated heterocycles. The molecule has 0 aromatic heterocycles. The maximum Gasteiger partial charge on any atom is 0.261 e. The molecule has 2 aliphatic rings. The van der Waals surface area contributed by atoms with Gasteiger partial charge in [-0.3, -0.25) is 19.4 Å². The van der Waals surface area contributed by atoms with Crippen LogP contribution >= 0.6 is 0 Å². The Bertz CT molecular complexity index is 494. The molecule has 0 unspecified atom stereocenters. The Morgan fingerprint density at radius 2 is 1.74 bits per heavy atom. The van der Waals surface area contributed by atoms with Crippen molar-refractivity contribution >= 4 is 11.8 Å². The molecule has 0 spiro atoms. The molecular weight excluding hydrogens is 242 g/mol. The maximum absolute atomic E-state index is 12.1. The Labute approximate surface area is 112 Å². The molecule has 0 radical (unpaired) electrons. The molecule has 2 aliphatic heterocycles. The van der Waals surface area contributed by atoms with Crippen LogP contribution in [0.3, 0.4) is 0 Å². The zero-order valence-electron chi connectivity index (χ0n) is 10.7. The van der Waals surface area contributed by atoms with Crippen molar-refractivity contribution in [2.45, 2.75) is 12.5 Å². The monoisotopic (exact) mass is 259 g/mol. The van der Waals surface area contributed by atoms with Crippen molar-refractivity contribution in [3.05, 3.63) is 35.4 Å². The van der Waals surface area contributed by atoms with E-state index in [1.54, 1.807) is 24.3 Å². The standard InChI is InChI=1S/C14H17N3O2/c15-10-5-6-16(9-10)7-8-17-13(18)11-3-1-2-4-12(11)14(17)19/h1-4,10H,5-9,15H2/t10-/m0/s1. The van der Waals surface area contributed by atoms with Crippen LogP contribution in [0.15, 0.2) is 24.3 Å². The highest BCUT2D eigenvalue weighted by Crippen LogP contribution is 2.22. The number of hydrogen-bond acceptors (Lipinski definition) is 4. The van der Waals surface area contributed by atoms with E-state index in [2.05, 4.69) is 4.90 Å². The first-order valence-corrected chi connectivity index (χ1v) is 6.60. The largest absolute Gasteiger partial charge is 0.326 e. The van der Waals surface area contributed by atoms with Gasteiger partial charge in [-0.05, 0) is 25.1 Å². The Morgan fingerprint density at radius 3 is 2.26 bits per heavy atom. The summed E-state index contributed by atoms with van der Waals surface area (Å²) >= 11 is 0. The highest BCUT2D eigenvalue weighted by molar-refractivity contribution is 6.21. The number of likely N-dealkylation sites (tertiary alicyclic amines) is 1. The van der Waals surface area contributed by atoms with Gasteiger partial charge in [0.15, 0.2) is 0 Å². The van der Waals surface area contributed by atoms with Crippen molar-refractivity contribution in [2.75, 3.05) is 26.2 Å². The third-order valence-corrected chi connectivity index (χ3v) is 3.83. The van der Waals surface area contributed by atoms with Gasteiger partial charge in [0.1, 0.15) is 0 Å². The molecule has 1 fully saturated rings. The van der Waals surface area contributed by atoms with Crippen LogP contribution < -0.4 is 5.73 Å². The molecule has 2 amide bonds. The molecule has 2 heterocycles. The van der Waals surface area contributed by atoms with Crippen LogP contribution in [-0.2, 0) is 0 Å². The third-order valence-electron chi connectivity index (χ3n) is 3.83. The van der Waals surface area contributed by atoms with Gasteiger partial charge in [-0.2, -0.15) is 0 Å². The third kappa shape index (κ3) is 2.15. The van der Waals surface area contributed by atoms with Crippen LogP contribution in [0.1, 0.15) is 27.1 Å². The van der Waals surface area contributed by atoms with Crippen molar-refractivity contribution < 1.29 is 9.59 Å². The van der Waals surface area contributed by atoms with Gasteiger partial charge in [0.05, 0.1) is 11.1 Å². The number of amides is 2. The average molecular weight is 259 g/mol. The fraction of sp³-hybridized carbons (Fsp3) is 0.429. The summed E-state index contributed by atoms with van der Waals surface area (Å²) in [5.41, 5.74) is 6.88. The van der Waals surface area contributed by atoms with Crippen LogP contribution in [0.25, 0.3) is 0 Å². The highest BCUT2D eigenvalue weighted by atomic mass is 16.2. The number of benzene rings is 1. The number of fused-ring (bicyclic) bond motifs is 1. The van der Waals surface area contributed by atoms with Crippen LogP contribution in [0.5, 0.6) is 0 Å². The molecule has 3 rings (SSSR count). The first kappa shape index (κ1) is 12.3. The van der Waals surface area contributed by atoms with Crippen molar-refractivity contribution in [1.82, 2.24) is 9.80 Å². The fourth-order valence-electron chi connectivity index (χ4n) is 2.75. The quantitative estimate of drug-likeness (QED) is 0.794. The minimum atomic E-state index is -0.177. The molecule has 1 aromatic rings. The molecule has 1 atom stereocenters. The van der Waals surface area contributed by atoms with Gasteiger partial charge < -0.3 is 5.73 Å². The molecular formula is C14H17N3O2. The lowest BCUT2D eigenvalue weighted by molar-refractivity contribution is 0.0640. The lowest BCUT2D eigenvalue weighted by Gasteiger charge is -2.19. The van der Waals surface area contributed by atoms with Crippen LogP contribution in [0, 0.1) is 0 Å². The first-order valence-electron chi connectivity index (χ1n) is 6.60. The lowest BCUT2D eigenvalue weighted by Crippen LogP contribution is -2.38. The Kier molecular flexibility index (Phi) is 3.08. The van der Waals surface area contributed by atoms with Gasteiger partial charge in [0, 0.05) is 25.7 Å². The second-order valence-electron chi connectivity index (χ2n) is 5.16. The number of nitrogens with zero attached hydrogens (tertiary/aromatic N) is 2. The van der Waals surface area contributed by atoms with E-state index < -0.39 is 0 Å². The first-order chi connectivity index (χ1) is 9.16. The molecule has 0 bridgehead atoms. The zero-order chi connectivity index (χ0) is 13.4. The summed E-state index contributed by atoms with van der Waals surface area (Å²) in [4.78, 5) is 27.8. The van der Waals surface area contributed by atoms with Crippen LogP contribution in [0.2, 0.25) is 0 Å². The average Bonchev–Trinajstić information content (AvgIpc) is 2.93. The van der Waals surface area contributed by atoms with Gasteiger partial charge >= 0.3 is 0 Å². The predicted octanol–water partition coefficient (Wildman–Crippen LogP) is 0.316. The topological polar surface area (TPSA) is 66.6 Å². The van der Waals surface area contributed by atoms with Crippen molar-refractivity contribution in [2.24, 2.45) is 5.73 Å². The summed E-state index contributed by atoms with van der Waals surface area (Å²) in [5, 5.41) is 0. The molecule has 1 aromatic carbocycles. The Hall–Kier alpha value is -1.72. The van der Waals surface area contributed by atoms with Gasteiger partial charge in [0.2, 0.25) is 0 Å². The lowest BCUT2D eigenvalue weighted by atomic mass is 10.1. The number of nitrogens with two attached hydrogens (primary N) is 1. The Morgan fingerprint density at radius 1 is 1.11 bits per heavy atom. The molecule has 5 nitrogen and oxygen atoms in total. The van der Waals surface area contributed by atoms with E-state index in [1.807, 2.05) is 0 Å². The van der Waals surface area contributed by atoms with E-state index in [1.165, 1.54) is 4.90 Å². The van der Waals surface area contributed by atoms with Gasteiger partial charge in [-0.15, -0.1) is 0 Å². The highest BCUT2D eigenvalue weighted by Gasteiger charge is 2.35. The number of carbonyl (C=O) groups is 2. The zero-order valence-corrected chi connectivity index (χ0v) is 10.7. The summed E-state index contributed by atoms with van der Waals surface area (Å²) in [6, 6.07) is 7.21. The van der Waals surface area contributed by atoms with Crippen LogP contribution in [0.4, 0.5) is 0 Å². The van der Waals surface area contributed by atoms with E-state index in [0.29, 0.717) is 24.2 Å². The van der Waals surface area contributed by atoms with E-state index in [9.17, 15) is 9.59 Å². The molecule has 0 saturated carbocycles. The molecule has 0 aliphatic carbocycles. The SMILES string of the molecule is N[C@H]1CCN(CCN2C(=O)c3ccccc3C2=O)C1. The van der Waals surface area contributed by atoms with Crippen LogP contribution in [-0.4, -0.2) is 53.8 Å². The van der Waals surface area contributed by atoms with Crippen molar-refractivity contribution in [3.8, 4) is 0 Å². The number of rotatable bonds is 3. The Balaban J connectivity index is 1.67. The maximum atomic E-state index is 12.1. The number of carbonyl (C=O) groups excluding carboxylic acids is 2. The van der Waals surface area contributed by atoms with Crippen molar-refractivity contribution in [3.63, 3.8) is 0 Å². The summed E-state index contributed by atoms with van der Waals surface area (Å²) in [7, 11) is 0. The minimum Gasteiger partial charge on any atom is -0.326 e. The summed E-state index contributed by atoms with van der Waals surface area (Å²) in [6.45, 7) is 2.95. The number of hydrogen-bond donors (Lipinski definition) is 1. The summed E-state index contributed by atoms with van der Waals surface area (Å²) in [5.74, 6) is -0.354. The smallest absolute Gasteiger partial charge is 0.261 e. The molecule has 2 N–H and O–H groups in total. The van der Waals surface area contributed by atoms with E-state index in [4.69, 9.17) is 5.73 Å². The fourth-order valence-corrected chi connectivity index (χ4v) is 2.75. The summed E-state index contributed by atoms with van der Waals surface area (Å²) < 4.78 is 0. The van der Waals surface area contributed by atoms with Gasteiger partial charge in [-0.1, -0.05) is 12.1 Å². The minimum absolute atomic E-state index is 0.177. The normalized spacial score (nSPS) is 23.2. The molecule has 19 heavy (non-hydrogen) atoms. The molecule has 5 heteroatoms. The second kappa shape index (κ2) is 4.75. The van der Waals surface area contributed by atoms with Gasteiger partial charge in [0.25, 0.3) is 11.8 Å².